The Hall–Kier alpha value is -3.49. The lowest BCUT2D eigenvalue weighted by atomic mass is 10.1. The van der Waals surface area contributed by atoms with Crippen molar-refractivity contribution in [3.8, 4) is 0 Å². The van der Waals surface area contributed by atoms with Crippen LogP contribution in [0.4, 0.5) is 4.79 Å². The van der Waals surface area contributed by atoms with E-state index in [4.69, 9.17) is 9.47 Å². The summed E-state index contributed by atoms with van der Waals surface area (Å²) in [6.07, 6.45) is 2.17. The zero-order chi connectivity index (χ0) is 22.9. The maximum absolute atomic E-state index is 13.1. The van der Waals surface area contributed by atoms with Crippen LogP contribution >= 0.6 is 0 Å². The first kappa shape index (κ1) is 23.8. The van der Waals surface area contributed by atoms with Gasteiger partial charge in [0.25, 0.3) is 0 Å². The van der Waals surface area contributed by atoms with Crippen LogP contribution in [0.3, 0.4) is 0 Å². The number of hydrogen-bond donors (Lipinski definition) is 1. The average Bonchev–Trinajstić information content (AvgIpc) is 2.72. The fourth-order valence-electron chi connectivity index (χ4n) is 2.70. The monoisotopic (exact) mass is 428 g/mol. The minimum Gasteiger partial charge on any atom is -0.467 e. The van der Waals surface area contributed by atoms with Gasteiger partial charge in [-0.05, 0) is 45.0 Å². The molecule has 0 bridgehead atoms. The van der Waals surface area contributed by atoms with E-state index in [-0.39, 0.29) is 25.4 Å². The number of hydrogen-bond acceptors (Lipinski definition) is 7. The molecule has 0 aromatic carbocycles. The van der Waals surface area contributed by atoms with Crippen molar-refractivity contribution in [2.24, 2.45) is 0 Å². The summed E-state index contributed by atoms with van der Waals surface area (Å²) in [5, 5.41) is 2.42. The molecule has 1 N–H and O–H groups in total. The van der Waals surface area contributed by atoms with Crippen LogP contribution in [0.2, 0.25) is 0 Å². The highest BCUT2D eigenvalue weighted by Gasteiger charge is 2.29. The molecule has 0 radical (unpaired) electrons. The third-order valence-corrected chi connectivity index (χ3v) is 4.07. The fourth-order valence-corrected chi connectivity index (χ4v) is 2.70. The van der Waals surface area contributed by atoms with Gasteiger partial charge in [-0.3, -0.25) is 14.8 Å². The summed E-state index contributed by atoms with van der Waals surface area (Å²) in [6, 6.07) is 9.63. The number of amides is 2. The minimum absolute atomic E-state index is 0.219. The lowest BCUT2D eigenvalue weighted by Crippen LogP contribution is -2.47. The molecule has 0 saturated heterocycles. The molecule has 2 rings (SSSR count). The van der Waals surface area contributed by atoms with Crippen molar-refractivity contribution in [2.75, 3.05) is 7.11 Å². The van der Waals surface area contributed by atoms with E-state index in [0.29, 0.717) is 11.4 Å². The molecular formula is C22H28N4O5. The zero-order valence-corrected chi connectivity index (χ0v) is 18.2. The van der Waals surface area contributed by atoms with Crippen LogP contribution in [0, 0.1) is 0 Å². The van der Waals surface area contributed by atoms with E-state index in [2.05, 4.69) is 15.3 Å². The van der Waals surface area contributed by atoms with E-state index < -0.39 is 23.7 Å². The molecule has 0 spiro atoms. The second-order valence-electron chi connectivity index (χ2n) is 7.82. The number of ether oxygens (including phenoxy) is 2. The first-order valence-corrected chi connectivity index (χ1v) is 9.83. The molecule has 166 valence electrons. The van der Waals surface area contributed by atoms with Gasteiger partial charge in [0.05, 0.1) is 38.0 Å². The Labute approximate surface area is 181 Å². The molecule has 2 heterocycles. The number of carbonyl (C=O) groups is 3. The number of alkyl carbamates (subject to hydrolysis) is 1. The van der Waals surface area contributed by atoms with Gasteiger partial charge >= 0.3 is 12.1 Å². The molecule has 0 saturated carbocycles. The van der Waals surface area contributed by atoms with E-state index in [1.54, 1.807) is 57.4 Å². The average molecular weight is 428 g/mol. The summed E-state index contributed by atoms with van der Waals surface area (Å²) in [5.41, 5.74) is 0.613. The standard InChI is InChI=1S/C22H28N4O5/c1-22(2,3)31-21(29)25-18(20(28)30-4)13-19(27)26(14-16-9-5-7-11-23-16)15-17-10-6-8-12-24-17/h5-12,18H,13-15H2,1-4H3,(H,25,29)/t18-/m0/s1. The van der Waals surface area contributed by atoms with Gasteiger partial charge in [-0.15, -0.1) is 0 Å². The van der Waals surface area contributed by atoms with Crippen LogP contribution in [-0.4, -0.2) is 51.6 Å². The van der Waals surface area contributed by atoms with E-state index in [1.165, 1.54) is 12.0 Å². The highest BCUT2D eigenvalue weighted by Crippen LogP contribution is 2.12. The largest absolute Gasteiger partial charge is 0.467 e. The van der Waals surface area contributed by atoms with Gasteiger partial charge < -0.3 is 19.7 Å². The van der Waals surface area contributed by atoms with Crippen LogP contribution in [0.15, 0.2) is 48.8 Å². The van der Waals surface area contributed by atoms with Crippen molar-refractivity contribution in [2.45, 2.75) is 51.9 Å². The number of esters is 1. The molecular weight excluding hydrogens is 400 g/mol. The number of nitrogens with one attached hydrogen (secondary N) is 1. The number of methoxy groups -OCH3 is 1. The first-order valence-electron chi connectivity index (χ1n) is 9.83. The van der Waals surface area contributed by atoms with Gasteiger partial charge in [-0.2, -0.15) is 0 Å². The lowest BCUT2D eigenvalue weighted by molar-refractivity contribution is -0.146. The van der Waals surface area contributed by atoms with E-state index >= 15 is 0 Å². The molecule has 2 aromatic heterocycles. The maximum atomic E-state index is 13.1. The third-order valence-electron chi connectivity index (χ3n) is 4.07. The number of rotatable bonds is 8. The fraction of sp³-hybridized carbons (Fsp3) is 0.409. The van der Waals surface area contributed by atoms with Crippen molar-refractivity contribution in [3.63, 3.8) is 0 Å². The van der Waals surface area contributed by atoms with Crippen molar-refractivity contribution < 1.29 is 23.9 Å². The molecule has 2 amide bonds. The normalized spacial score (nSPS) is 11.9. The summed E-state index contributed by atoms with van der Waals surface area (Å²) in [6.45, 7) is 5.54. The molecule has 0 aliphatic carbocycles. The molecule has 9 heteroatoms. The summed E-state index contributed by atoms with van der Waals surface area (Å²) in [4.78, 5) is 47.5. The van der Waals surface area contributed by atoms with Crippen molar-refractivity contribution >= 4 is 18.0 Å². The molecule has 0 unspecified atom stereocenters. The highest BCUT2D eigenvalue weighted by atomic mass is 16.6. The molecule has 0 fully saturated rings. The summed E-state index contributed by atoms with van der Waals surface area (Å²) < 4.78 is 9.95. The van der Waals surface area contributed by atoms with Gasteiger partial charge in [-0.1, -0.05) is 12.1 Å². The second-order valence-corrected chi connectivity index (χ2v) is 7.82. The van der Waals surface area contributed by atoms with E-state index in [0.717, 1.165) is 0 Å². The highest BCUT2D eigenvalue weighted by molar-refractivity contribution is 5.88. The quantitative estimate of drug-likeness (QED) is 0.643. The Balaban J connectivity index is 2.17. The van der Waals surface area contributed by atoms with Crippen LogP contribution in [0.1, 0.15) is 38.6 Å². The van der Waals surface area contributed by atoms with Crippen LogP contribution < -0.4 is 5.32 Å². The summed E-state index contributed by atoms with van der Waals surface area (Å²) in [7, 11) is 1.19. The summed E-state index contributed by atoms with van der Waals surface area (Å²) >= 11 is 0. The molecule has 0 aliphatic heterocycles. The Kier molecular flexibility index (Phi) is 8.48. The number of nitrogens with zero attached hydrogens (tertiary/aromatic N) is 3. The van der Waals surface area contributed by atoms with Crippen molar-refractivity contribution in [3.05, 3.63) is 60.2 Å². The van der Waals surface area contributed by atoms with Crippen LogP contribution in [0.25, 0.3) is 0 Å². The predicted octanol–water partition coefficient (Wildman–Crippen LogP) is 2.46. The third kappa shape index (κ3) is 8.41. The maximum Gasteiger partial charge on any atom is 0.408 e. The van der Waals surface area contributed by atoms with Crippen molar-refractivity contribution in [1.82, 2.24) is 20.2 Å². The number of pyridine rings is 2. The molecule has 31 heavy (non-hydrogen) atoms. The molecule has 0 aliphatic rings. The smallest absolute Gasteiger partial charge is 0.408 e. The number of carbonyl (C=O) groups excluding carboxylic acids is 3. The SMILES string of the molecule is COC(=O)[C@H](CC(=O)N(Cc1ccccn1)Cc1ccccn1)NC(=O)OC(C)(C)C. The van der Waals surface area contributed by atoms with E-state index in [9.17, 15) is 14.4 Å². The number of aromatic nitrogens is 2. The Morgan fingerprint density at radius 3 is 1.97 bits per heavy atom. The van der Waals surface area contributed by atoms with Gasteiger partial charge in [0, 0.05) is 12.4 Å². The van der Waals surface area contributed by atoms with Gasteiger partial charge in [0.1, 0.15) is 11.6 Å². The Bertz CT molecular complexity index is 827. The van der Waals surface area contributed by atoms with Gasteiger partial charge in [-0.25, -0.2) is 9.59 Å². The Morgan fingerprint density at radius 2 is 1.55 bits per heavy atom. The summed E-state index contributed by atoms with van der Waals surface area (Å²) in [5.74, 6) is -1.11. The minimum atomic E-state index is -1.19. The molecule has 2 aromatic rings. The lowest BCUT2D eigenvalue weighted by Gasteiger charge is -2.25. The van der Waals surface area contributed by atoms with Crippen LogP contribution in [-0.2, 0) is 32.2 Å². The first-order chi connectivity index (χ1) is 14.7. The Morgan fingerprint density at radius 1 is 1.00 bits per heavy atom. The van der Waals surface area contributed by atoms with E-state index in [1.807, 2.05) is 12.1 Å². The zero-order valence-electron chi connectivity index (χ0n) is 18.2. The predicted molar refractivity (Wildman–Crippen MR) is 113 cm³/mol. The van der Waals surface area contributed by atoms with Crippen LogP contribution in [0.5, 0.6) is 0 Å². The molecule has 1 atom stereocenters. The van der Waals surface area contributed by atoms with Gasteiger partial charge in [0.15, 0.2) is 0 Å². The van der Waals surface area contributed by atoms with Gasteiger partial charge in [0.2, 0.25) is 5.91 Å². The van der Waals surface area contributed by atoms with Crippen molar-refractivity contribution in [1.29, 1.82) is 0 Å². The topological polar surface area (TPSA) is 111 Å². The second kappa shape index (κ2) is 11.1. The molecule has 9 nitrogen and oxygen atoms in total.